The van der Waals surface area contributed by atoms with Gasteiger partial charge in [-0.05, 0) is 67.5 Å². The fourth-order valence-electron chi connectivity index (χ4n) is 7.71. The molecule has 1 unspecified atom stereocenters. The molecule has 3 aliphatic rings. The van der Waals surface area contributed by atoms with Crippen molar-refractivity contribution in [1.82, 2.24) is 35.6 Å². The van der Waals surface area contributed by atoms with Gasteiger partial charge in [-0.1, -0.05) is 31.2 Å². The van der Waals surface area contributed by atoms with Gasteiger partial charge >= 0.3 is 0 Å². The predicted octanol–water partition coefficient (Wildman–Crippen LogP) is 4.67. The Kier molecular flexibility index (Phi) is 10.9. The number of nitrogens with one attached hydrogen (secondary N) is 4. The highest BCUT2D eigenvalue weighted by Crippen LogP contribution is 2.32. The zero-order chi connectivity index (χ0) is 35.3. The number of hydrogen-bond acceptors (Lipinski definition) is 8. The van der Waals surface area contributed by atoms with Crippen molar-refractivity contribution in [3.05, 3.63) is 76.9 Å². The van der Waals surface area contributed by atoms with Crippen LogP contribution in [-0.4, -0.2) is 75.9 Å². The Bertz CT molecular complexity index is 1870. The van der Waals surface area contributed by atoms with E-state index in [9.17, 15) is 9.59 Å². The van der Waals surface area contributed by atoms with E-state index in [0.29, 0.717) is 50.4 Å². The zero-order valence-corrected chi connectivity index (χ0v) is 29.6. The normalized spacial score (nSPS) is 19.1. The summed E-state index contributed by atoms with van der Waals surface area (Å²) in [5, 5.41) is 18.7. The van der Waals surface area contributed by atoms with Crippen LogP contribution >= 0.6 is 0 Å². The average molecular weight is 697 g/mol. The molecular weight excluding hydrogens is 647 g/mol. The van der Waals surface area contributed by atoms with Gasteiger partial charge in [0.15, 0.2) is 5.65 Å². The van der Waals surface area contributed by atoms with Crippen molar-refractivity contribution in [2.24, 2.45) is 0 Å². The van der Waals surface area contributed by atoms with Crippen LogP contribution in [0.2, 0.25) is 0 Å². The van der Waals surface area contributed by atoms with Crippen molar-refractivity contribution in [3.63, 3.8) is 0 Å². The van der Waals surface area contributed by atoms with E-state index in [2.05, 4.69) is 50.3 Å². The summed E-state index contributed by atoms with van der Waals surface area (Å²) in [6.07, 6.45) is 5.65. The van der Waals surface area contributed by atoms with Crippen LogP contribution in [0.5, 0.6) is 0 Å². The smallest absolute Gasteiger partial charge is 0.220 e. The summed E-state index contributed by atoms with van der Waals surface area (Å²) in [4.78, 5) is 33.3. The first-order valence-corrected chi connectivity index (χ1v) is 18.5. The number of hydrogen-bond donors (Lipinski definition) is 4. The lowest BCUT2D eigenvalue weighted by molar-refractivity contribution is -0.126. The van der Waals surface area contributed by atoms with E-state index < -0.39 is 0 Å². The summed E-state index contributed by atoms with van der Waals surface area (Å²) in [5.74, 6) is -0.747. The molecule has 4 N–H and O–H groups in total. The van der Waals surface area contributed by atoms with Crippen molar-refractivity contribution < 1.29 is 18.7 Å². The van der Waals surface area contributed by atoms with Crippen LogP contribution in [0.15, 0.2) is 48.7 Å². The maximum atomic E-state index is 15.0. The van der Waals surface area contributed by atoms with Crippen LogP contribution in [0.3, 0.4) is 0 Å². The first kappa shape index (κ1) is 35.0. The number of halogens is 1. The molecule has 3 saturated heterocycles. The molecule has 2 aromatic carbocycles. The molecule has 2 amide bonds. The molecule has 12 heteroatoms. The standard InChI is InChI=1S/C39H49FN8O3/c1-3-35-32(38(45-28-12-14-51-15-13-28)33-22-44-48(4-2)39(33)46-35)21-43-37(50)11-10-36(49)42-19-25-8-9-34(40)31(17-25)27-7-5-6-26(16-27)23-47-24-29-18-30(47)20-41-29/h5-9,16-17,22,28-30,41H,3-4,10-15,18-21,23-24H2,1-2H3,(H,42,49)(H,43,50)(H,45,46)/t29-,30?/m0/s1. The number of amides is 2. The highest BCUT2D eigenvalue weighted by Gasteiger charge is 2.37. The molecule has 0 saturated carbocycles. The molecule has 2 bridgehead atoms. The molecule has 3 aliphatic heterocycles. The molecule has 2 atom stereocenters. The number of fused-ring (bicyclic) bond motifs is 3. The maximum Gasteiger partial charge on any atom is 0.220 e. The molecule has 7 rings (SSSR count). The summed E-state index contributed by atoms with van der Waals surface area (Å²) >= 11 is 0. The van der Waals surface area contributed by atoms with E-state index in [4.69, 9.17) is 9.72 Å². The van der Waals surface area contributed by atoms with E-state index in [1.54, 1.807) is 12.1 Å². The topological polar surface area (TPSA) is 125 Å². The first-order chi connectivity index (χ1) is 24.9. The number of piperazine rings is 1. The summed E-state index contributed by atoms with van der Waals surface area (Å²) in [7, 11) is 0. The lowest BCUT2D eigenvalue weighted by Crippen LogP contribution is -2.42. The van der Waals surface area contributed by atoms with Gasteiger partial charge in [0.25, 0.3) is 0 Å². The number of likely N-dealkylation sites (tertiary alicyclic amines) is 1. The number of aryl methyl sites for hydroxylation is 2. The fourth-order valence-corrected chi connectivity index (χ4v) is 7.71. The van der Waals surface area contributed by atoms with Gasteiger partial charge in [-0.2, -0.15) is 5.10 Å². The Morgan fingerprint density at radius 3 is 2.55 bits per heavy atom. The minimum Gasteiger partial charge on any atom is -0.381 e. The number of ether oxygens (including phenoxy) is 1. The van der Waals surface area contributed by atoms with E-state index in [0.717, 1.165) is 71.6 Å². The quantitative estimate of drug-likeness (QED) is 0.150. The summed E-state index contributed by atoms with van der Waals surface area (Å²) in [5.41, 5.74) is 6.95. The van der Waals surface area contributed by atoms with Gasteiger partial charge in [-0.15, -0.1) is 0 Å². The molecule has 0 spiro atoms. The summed E-state index contributed by atoms with van der Waals surface area (Å²) in [6.45, 7) is 9.72. The molecule has 2 aromatic heterocycles. The third-order valence-electron chi connectivity index (χ3n) is 10.5. The van der Waals surface area contributed by atoms with Gasteiger partial charge < -0.3 is 26.0 Å². The number of carbonyl (C=O) groups excluding carboxylic acids is 2. The zero-order valence-electron chi connectivity index (χ0n) is 29.6. The second-order valence-corrected chi connectivity index (χ2v) is 14.0. The number of carbonyl (C=O) groups is 2. The number of anilines is 1. The molecule has 4 aromatic rings. The minimum absolute atomic E-state index is 0.0458. The van der Waals surface area contributed by atoms with E-state index >= 15 is 4.39 Å². The minimum atomic E-state index is -0.297. The van der Waals surface area contributed by atoms with Crippen molar-refractivity contribution in [1.29, 1.82) is 0 Å². The van der Waals surface area contributed by atoms with Crippen LogP contribution in [0.4, 0.5) is 10.1 Å². The molecule has 0 aliphatic carbocycles. The SMILES string of the molecule is CCc1nc2c(cnn2CC)c(NC2CCOCC2)c1CNC(=O)CCC(=O)NCc1ccc(F)c(-c2cccc(CN3C[C@@H]4CC3CN4)c2)c1. The predicted molar refractivity (Wildman–Crippen MR) is 195 cm³/mol. The molecule has 0 radical (unpaired) electrons. The highest BCUT2D eigenvalue weighted by molar-refractivity contribution is 5.92. The Balaban J connectivity index is 0.939. The highest BCUT2D eigenvalue weighted by atomic mass is 19.1. The van der Waals surface area contributed by atoms with Crippen LogP contribution in [0, 0.1) is 5.82 Å². The summed E-state index contributed by atoms with van der Waals surface area (Å²) in [6, 6.07) is 14.4. The van der Waals surface area contributed by atoms with Crippen LogP contribution in [0.1, 0.15) is 68.3 Å². The fraction of sp³-hybridized carbons (Fsp3) is 0.487. The molecule has 11 nitrogen and oxygen atoms in total. The van der Waals surface area contributed by atoms with Crippen molar-refractivity contribution >= 4 is 28.5 Å². The Labute approximate surface area is 298 Å². The van der Waals surface area contributed by atoms with Gasteiger partial charge in [0.2, 0.25) is 11.8 Å². The average Bonchev–Trinajstić information content (AvgIpc) is 3.90. The van der Waals surface area contributed by atoms with Crippen molar-refractivity contribution in [2.45, 2.75) is 96.7 Å². The van der Waals surface area contributed by atoms with E-state index in [1.807, 2.05) is 29.9 Å². The monoisotopic (exact) mass is 696 g/mol. The third-order valence-corrected chi connectivity index (χ3v) is 10.5. The van der Waals surface area contributed by atoms with Crippen LogP contribution in [-0.2, 0) is 46.9 Å². The molecule has 5 heterocycles. The number of rotatable bonds is 14. The second-order valence-electron chi connectivity index (χ2n) is 14.0. The Hall–Kier alpha value is -4.39. The molecule has 51 heavy (non-hydrogen) atoms. The van der Waals surface area contributed by atoms with Gasteiger partial charge in [0.05, 0.1) is 17.3 Å². The number of aromatic nitrogens is 3. The van der Waals surface area contributed by atoms with Gasteiger partial charge in [0, 0.05) is 100 Å². The Morgan fingerprint density at radius 2 is 1.82 bits per heavy atom. The lowest BCUT2D eigenvalue weighted by atomic mass is 10.00. The van der Waals surface area contributed by atoms with Gasteiger partial charge in [-0.3, -0.25) is 14.5 Å². The van der Waals surface area contributed by atoms with Crippen molar-refractivity contribution in [2.75, 3.05) is 31.6 Å². The van der Waals surface area contributed by atoms with Crippen LogP contribution < -0.4 is 21.3 Å². The maximum absolute atomic E-state index is 15.0. The first-order valence-electron chi connectivity index (χ1n) is 18.5. The van der Waals surface area contributed by atoms with Gasteiger partial charge in [-0.25, -0.2) is 14.1 Å². The Morgan fingerprint density at radius 1 is 1.02 bits per heavy atom. The van der Waals surface area contributed by atoms with E-state index in [1.165, 1.54) is 18.1 Å². The second kappa shape index (κ2) is 15.9. The lowest BCUT2D eigenvalue weighted by Gasteiger charge is -2.27. The number of benzene rings is 2. The number of nitrogens with zero attached hydrogens (tertiary/aromatic N) is 4. The van der Waals surface area contributed by atoms with Crippen molar-refractivity contribution in [3.8, 4) is 11.1 Å². The number of pyridine rings is 1. The molecular formula is C39H49FN8O3. The third kappa shape index (κ3) is 8.08. The largest absolute Gasteiger partial charge is 0.381 e. The van der Waals surface area contributed by atoms with Crippen LogP contribution in [0.25, 0.3) is 22.2 Å². The van der Waals surface area contributed by atoms with Gasteiger partial charge in [0.1, 0.15) is 5.82 Å². The molecule has 3 fully saturated rings. The molecule has 270 valence electrons. The summed E-state index contributed by atoms with van der Waals surface area (Å²) < 4.78 is 22.5. The van der Waals surface area contributed by atoms with E-state index in [-0.39, 0.29) is 43.1 Å².